The van der Waals surface area contributed by atoms with Crippen molar-refractivity contribution in [1.82, 2.24) is 0 Å². The molecular weight excluding hydrogens is 166 g/mol. The van der Waals surface area contributed by atoms with Crippen molar-refractivity contribution in [2.45, 2.75) is 24.4 Å². The molecule has 2 aliphatic rings. The maximum atomic E-state index is 9.79. The molecular formula is C6H9NO5. The van der Waals surface area contributed by atoms with Gasteiger partial charge >= 0.3 is 0 Å². The fraction of sp³-hybridized carbons (Fsp3) is 1.00. The predicted octanol–water partition coefficient (Wildman–Crippen LogP) is -0.789. The number of aliphatic hydroxyl groups excluding tert-OH is 1. The lowest BCUT2D eigenvalue weighted by Crippen LogP contribution is -2.31. The molecule has 4 atom stereocenters. The van der Waals surface area contributed by atoms with Crippen molar-refractivity contribution in [1.29, 1.82) is 0 Å². The van der Waals surface area contributed by atoms with Crippen molar-refractivity contribution < 1.29 is 19.4 Å². The Hall–Kier alpha value is -0.720. The number of nitrogens with zero attached hydrogens (tertiary/aromatic N) is 1. The normalized spacial score (nSPS) is 45.8. The summed E-state index contributed by atoms with van der Waals surface area (Å²) in [5, 5.41) is 11.6. The fourth-order valence-corrected chi connectivity index (χ4v) is 1.59. The summed E-state index contributed by atoms with van der Waals surface area (Å²) < 4.78 is 10.3. The van der Waals surface area contributed by atoms with Gasteiger partial charge in [-0.1, -0.05) is 0 Å². The predicted molar refractivity (Wildman–Crippen MR) is 36.2 cm³/mol. The molecule has 2 saturated heterocycles. The van der Waals surface area contributed by atoms with E-state index in [0.29, 0.717) is 0 Å². The SMILES string of the molecule is O=NO[C@@H]1CO[C@H]2[C@@H]1OC[C@@H]2O. The number of rotatable bonds is 2. The number of aliphatic hydroxyl groups is 1. The van der Waals surface area contributed by atoms with Crippen LogP contribution in [0.2, 0.25) is 0 Å². The molecule has 0 amide bonds. The van der Waals surface area contributed by atoms with Crippen LogP contribution in [0.15, 0.2) is 5.34 Å². The molecule has 0 spiro atoms. The Morgan fingerprint density at radius 1 is 1.33 bits per heavy atom. The molecule has 6 heteroatoms. The van der Waals surface area contributed by atoms with Crippen molar-refractivity contribution in [3.63, 3.8) is 0 Å². The first kappa shape index (κ1) is 7.90. The molecule has 0 radical (unpaired) electrons. The molecule has 0 aliphatic carbocycles. The maximum Gasteiger partial charge on any atom is 0.182 e. The third-order valence-electron chi connectivity index (χ3n) is 2.16. The molecule has 0 aromatic heterocycles. The highest BCUT2D eigenvalue weighted by atomic mass is 16.8. The van der Waals surface area contributed by atoms with Gasteiger partial charge in [0.1, 0.15) is 18.3 Å². The first-order valence-corrected chi connectivity index (χ1v) is 3.72. The van der Waals surface area contributed by atoms with Gasteiger partial charge in [-0.3, -0.25) is 0 Å². The second-order valence-corrected chi connectivity index (χ2v) is 2.88. The van der Waals surface area contributed by atoms with E-state index in [9.17, 15) is 10.0 Å². The zero-order valence-electron chi connectivity index (χ0n) is 6.25. The van der Waals surface area contributed by atoms with Gasteiger partial charge in [0.05, 0.1) is 13.2 Å². The molecule has 0 unspecified atom stereocenters. The average Bonchev–Trinajstić information content (AvgIpc) is 2.58. The zero-order chi connectivity index (χ0) is 8.55. The Kier molecular flexibility index (Phi) is 1.95. The Morgan fingerprint density at radius 3 is 2.83 bits per heavy atom. The van der Waals surface area contributed by atoms with Crippen LogP contribution in [0.5, 0.6) is 0 Å². The largest absolute Gasteiger partial charge is 0.388 e. The smallest absolute Gasteiger partial charge is 0.182 e. The minimum absolute atomic E-state index is 0.230. The second kappa shape index (κ2) is 2.96. The van der Waals surface area contributed by atoms with Gasteiger partial charge < -0.3 is 19.4 Å². The minimum atomic E-state index is -0.616. The van der Waals surface area contributed by atoms with Gasteiger partial charge in [0.15, 0.2) is 11.4 Å². The zero-order valence-corrected chi connectivity index (χ0v) is 6.25. The summed E-state index contributed by atoms with van der Waals surface area (Å²) >= 11 is 0. The summed E-state index contributed by atoms with van der Waals surface area (Å²) in [6, 6.07) is 0. The van der Waals surface area contributed by atoms with E-state index < -0.39 is 12.2 Å². The molecule has 0 aromatic carbocycles. The molecule has 0 aromatic rings. The van der Waals surface area contributed by atoms with Crippen LogP contribution < -0.4 is 0 Å². The maximum absolute atomic E-state index is 9.79. The van der Waals surface area contributed by atoms with E-state index in [1.165, 1.54) is 0 Å². The first-order valence-electron chi connectivity index (χ1n) is 3.72. The van der Waals surface area contributed by atoms with Gasteiger partial charge in [0.2, 0.25) is 0 Å². The Morgan fingerprint density at radius 2 is 2.08 bits per heavy atom. The minimum Gasteiger partial charge on any atom is -0.388 e. The van der Waals surface area contributed by atoms with Gasteiger partial charge in [-0.15, -0.1) is 4.91 Å². The molecule has 0 saturated carbocycles. The van der Waals surface area contributed by atoms with E-state index >= 15 is 0 Å². The highest BCUT2D eigenvalue weighted by Gasteiger charge is 2.48. The van der Waals surface area contributed by atoms with Crippen LogP contribution in [-0.2, 0) is 14.3 Å². The molecule has 2 rings (SSSR count). The van der Waals surface area contributed by atoms with E-state index in [4.69, 9.17) is 9.47 Å². The van der Waals surface area contributed by atoms with E-state index in [1.54, 1.807) is 0 Å². The van der Waals surface area contributed by atoms with Crippen molar-refractivity contribution in [3.05, 3.63) is 4.91 Å². The van der Waals surface area contributed by atoms with Gasteiger partial charge in [0.25, 0.3) is 0 Å². The number of hydrogen-bond acceptors (Lipinski definition) is 6. The van der Waals surface area contributed by atoms with Gasteiger partial charge in [0, 0.05) is 0 Å². The van der Waals surface area contributed by atoms with Crippen LogP contribution in [0.4, 0.5) is 0 Å². The lowest BCUT2D eigenvalue weighted by atomic mass is 10.1. The van der Waals surface area contributed by atoms with E-state index in [1.807, 2.05) is 0 Å². The molecule has 2 fully saturated rings. The van der Waals surface area contributed by atoms with E-state index in [2.05, 4.69) is 10.2 Å². The Bertz CT molecular complexity index is 187. The van der Waals surface area contributed by atoms with Crippen LogP contribution in [-0.4, -0.2) is 42.7 Å². The van der Waals surface area contributed by atoms with Crippen LogP contribution in [0.25, 0.3) is 0 Å². The third kappa shape index (κ3) is 1.08. The van der Waals surface area contributed by atoms with Gasteiger partial charge in [-0.05, 0) is 0 Å². The molecule has 68 valence electrons. The van der Waals surface area contributed by atoms with Crippen LogP contribution >= 0.6 is 0 Å². The van der Waals surface area contributed by atoms with Crippen molar-refractivity contribution in [3.8, 4) is 0 Å². The van der Waals surface area contributed by atoms with E-state index in [-0.39, 0.29) is 25.4 Å². The second-order valence-electron chi connectivity index (χ2n) is 2.88. The molecule has 1 N–H and O–H groups in total. The molecule has 2 heterocycles. The highest BCUT2D eigenvalue weighted by Crippen LogP contribution is 2.28. The van der Waals surface area contributed by atoms with Crippen LogP contribution in [0.1, 0.15) is 0 Å². The number of hydrogen-bond donors (Lipinski definition) is 1. The summed E-state index contributed by atoms with van der Waals surface area (Å²) in [4.78, 5) is 14.3. The quantitative estimate of drug-likeness (QED) is 0.439. The van der Waals surface area contributed by atoms with Crippen LogP contribution in [0.3, 0.4) is 0 Å². The summed E-state index contributed by atoms with van der Waals surface area (Å²) in [5.41, 5.74) is 0. The first-order chi connectivity index (χ1) is 5.83. The van der Waals surface area contributed by atoms with Crippen molar-refractivity contribution >= 4 is 0 Å². The summed E-state index contributed by atoms with van der Waals surface area (Å²) in [7, 11) is 0. The lowest BCUT2D eigenvalue weighted by Gasteiger charge is -2.11. The van der Waals surface area contributed by atoms with Crippen LogP contribution in [0, 0.1) is 4.91 Å². The highest BCUT2D eigenvalue weighted by molar-refractivity contribution is 4.94. The number of ether oxygens (including phenoxy) is 2. The van der Waals surface area contributed by atoms with E-state index in [0.717, 1.165) is 0 Å². The Labute approximate surface area is 68.3 Å². The summed E-state index contributed by atoms with van der Waals surface area (Å²) in [6.07, 6.45) is -1.80. The monoisotopic (exact) mass is 175 g/mol. The fourth-order valence-electron chi connectivity index (χ4n) is 1.59. The van der Waals surface area contributed by atoms with Gasteiger partial charge in [-0.25, -0.2) is 0 Å². The average molecular weight is 175 g/mol. The van der Waals surface area contributed by atoms with Crippen molar-refractivity contribution in [2.24, 2.45) is 5.34 Å². The summed E-state index contributed by atoms with van der Waals surface area (Å²) in [5.74, 6) is 0. The number of fused-ring (bicyclic) bond motifs is 1. The van der Waals surface area contributed by atoms with Crippen molar-refractivity contribution in [2.75, 3.05) is 13.2 Å². The molecule has 6 nitrogen and oxygen atoms in total. The Balaban J connectivity index is 2.00. The lowest BCUT2D eigenvalue weighted by molar-refractivity contribution is -0.0370. The molecule has 0 bridgehead atoms. The third-order valence-corrected chi connectivity index (χ3v) is 2.16. The van der Waals surface area contributed by atoms with Gasteiger partial charge in [-0.2, -0.15) is 0 Å². The standard InChI is InChI=1S/C6H9NO5/c8-3-1-10-6-4(12-7-9)2-11-5(3)6/h3-6,8H,1-2H2/t3-,4+,5+,6+/m0/s1. The molecule has 12 heavy (non-hydrogen) atoms. The topological polar surface area (TPSA) is 77.4 Å². The molecule has 2 aliphatic heterocycles. The summed E-state index contributed by atoms with van der Waals surface area (Å²) in [6.45, 7) is 0.478.